The molecule has 1 saturated carbocycles. The van der Waals surface area contributed by atoms with Crippen molar-refractivity contribution < 1.29 is 8.91 Å². The second-order valence-corrected chi connectivity index (χ2v) is 5.67. The number of aromatic nitrogens is 3. The van der Waals surface area contributed by atoms with Crippen molar-refractivity contribution in [3.05, 3.63) is 46.3 Å². The van der Waals surface area contributed by atoms with Crippen molar-refractivity contribution in [2.24, 2.45) is 5.73 Å². The van der Waals surface area contributed by atoms with Gasteiger partial charge in [-0.05, 0) is 37.5 Å². The summed E-state index contributed by atoms with van der Waals surface area (Å²) in [7, 11) is 0. The Balaban J connectivity index is 1.89. The average molecular weight is 300 g/mol. The van der Waals surface area contributed by atoms with Gasteiger partial charge in [0.25, 0.3) is 5.89 Å². The minimum Gasteiger partial charge on any atom is -0.334 e. The molecule has 0 spiro atoms. The summed E-state index contributed by atoms with van der Waals surface area (Å²) in [5, 5.41) is 4.58. The molecule has 1 fully saturated rings. The van der Waals surface area contributed by atoms with E-state index in [9.17, 15) is 9.18 Å². The fraction of sp³-hybridized carbons (Fsp3) is 0.267. The van der Waals surface area contributed by atoms with Gasteiger partial charge >= 0.3 is 0 Å². The number of benzene rings is 1. The second-order valence-electron chi connectivity index (χ2n) is 5.67. The van der Waals surface area contributed by atoms with Crippen LogP contribution in [-0.2, 0) is 5.54 Å². The van der Waals surface area contributed by atoms with Gasteiger partial charge in [-0.2, -0.15) is 4.98 Å². The molecule has 3 aromatic rings. The molecule has 2 aromatic heterocycles. The first-order valence-corrected chi connectivity index (χ1v) is 7.01. The molecule has 7 heteroatoms. The maximum absolute atomic E-state index is 13.3. The number of pyridine rings is 1. The highest BCUT2D eigenvalue weighted by Crippen LogP contribution is 2.38. The predicted molar refractivity (Wildman–Crippen MR) is 77.5 cm³/mol. The number of fused-ring (bicyclic) bond motifs is 1. The third-order valence-electron chi connectivity index (χ3n) is 4.15. The number of hydrogen-bond acceptors (Lipinski definition) is 5. The predicted octanol–water partition coefficient (Wildman–Crippen LogP) is 2.06. The van der Waals surface area contributed by atoms with E-state index < -0.39 is 11.4 Å². The van der Waals surface area contributed by atoms with E-state index in [-0.39, 0.29) is 11.4 Å². The van der Waals surface area contributed by atoms with E-state index in [0.29, 0.717) is 22.3 Å². The molecule has 112 valence electrons. The fourth-order valence-corrected chi connectivity index (χ4v) is 2.73. The molecule has 1 aliphatic carbocycles. The Morgan fingerprint density at radius 1 is 1.32 bits per heavy atom. The van der Waals surface area contributed by atoms with Crippen LogP contribution in [0.4, 0.5) is 4.39 Å². The molecular formula is C15H13FN4O2. The van der Waals surface area contributed by atoms with Gasteiger partial charge in [0, 0.05) is 11.5 Å². The number of halogens is 1. The van der Waals surface area contributed by atoms with Crippen LogP contribution in [0.25, 0.3) is 22.4 Å². The molecule has 0 bridgehead atoms. The zero-order valence-corrected chi connectivity index (χ0v) is 11.6. The fourth-order valence-electron chi connectivity index (χ4n) is 2.73. The minimum absolute atomic E-state index is 0.217. The summed E-state index contributed by atoms with van der Waals surface area (Å²) in [6.45, 7) is 0. The molecule has 0 atom stereocenters. The van der Waals surface area contributed by atoms with Gasteiger partial charge in [-0.15, -0.1) is 0 Å². The quantitative estimate of drug-likeness (QED) is 0.755. The van der Waals surface area contributed by atoms with Gasteiger partial charge in [-0.25, -0.2) is 4.39 Å². The lowest BCUT2D eigenvalue weighted by Gasteiger charge is -2.34. The van der Waals surface area contributed by atoms with E-state index in [1.165, 1.54) is 18.2 Å². The van der Waals surface area contributed by atoms with Gasteiger partial charge in [0.1, 0.15) is 5.82 Å². The van der Waals surface area contributed by atoms with Gasteiger partial charge in [-0.3, -0.25) is 4.79 Å². The number of nitrogens with two attached hydrogens (primary N) is 1. The molecule has 3 N–H and O–H groups in total. The zero-order valence-electron chi connectivity index (χ0n) is 11.6. The summed E-state index contributed by atoms with van der Waals surface area (Å²) in [6.07, 6.45) is 2.66. The molecule has 1 aromatic carbocycles. The first-order chi connectivity index (χ1) is 10.5. The summed E-state index contributed by atoms with van der Waals surface area (Å²) < 4.78 is 18.6. The number of rotatable bonds is 2. The molecule has 0 radical (unpaired) electrons. The molecule has 4 rings (SSSR count). The third kappa shape index (κ3) is 1.93. The van der Waals surface area contributed by atoms with Gasteiger partial charge in [0.15, 0.2) is 5.82 Å². The molecule has 6 nitrogen and oxygen atoms in total. The van der Waals surface area contributed by atoms with Crippen LogP contribution in [0, 0.1) is 5.82 Å². The Labute approximate surface area is 124 Å². The Hall–Kier alpha value is -2.54. The Bertz CT molecular complexity index is 927. The van der Waals surface area contributed by atoms with Crippen LogP contribution in [0.15, 0.2) is 33.6 Å². The standard InChI is InChI=1S/C15H13FN4O2/c16-8-2-3-9-10(7-12(21)18-11(9)6-8)13-19-14(20-22-13)15(17)4-1-5-15/h2-3,6-7H,1,4-5,17H2,(H,18,21). The van der Waals surface area contributed by atoms with Crippen LogP contribution < -0.4 is 11.3 Å². The SMILES string of the molecule is NC1(c2noc(-c3cc(=O)[nH]c4cc(F)ccc34)n2)CCC1. The van der Waals surface area contributed by atoms with Crippen molar-refractivity contribution in [1.29, 1.82) is 0 Å². The van der Waals surface area contributed by atoms with Crippen molar-refractivity contribution in [2.45, 2.75) is 24.8 Å². The van der Waals surface area contributed by atoms with Gasteiger partial charge in [0.05, 0.1) is 16.6 Å². The van der Waals surface area contributed by atoms with E-state index >= 15 is 0 Å². The van der Waals surface area contributed by atoms with Crippen LogP contribution in [0.5, 0.6) is 0 Å². The summed E-state index contributed by atoms with van der Waals surface area (Å²) in [5.74, 6) is 0.237. The van der Waals surface area contributed by atoms with E-state index in [1.54, 1.807) is 6.07 Å². The van der Waals surface area contributed by atoms with Crippen LogP contribution in [0.1, 0.15) is 25.1 Å². The Morgan fingerprint density at radius 3 is 2.86 bits per heavy atom. The number of nitrogens with zero attached hydrogens (tertiary/aromatic N) is 2. The topological polar surface area (TPSA) is 97.8 Å². The smallest absolute Gasteiger partial charge is 0.258 e. The molecule has 22 heavy (non-hydrogen) atoms. The molecule has 1 aliphatic rings. The molecule has 0 aliphatic heterocycles. The van der Waals surface area contributed by atoms with Crippen molar-refractivity contribution in [3.8, 4) is 11.5 Å². The highest BCUT2D eigenvalue weighted by Gasteiger charge is 2.39. The van der Waals surface area contributed by atoms with Crippen LogP contribution >= 0.6 is 0 Å². The van der Waals surface area contributed by atoms with Crippen molar-refractivity contribution >= 4 is 10.9 Å². The molecular weight excluding hydrogens is 287 g/mol. The summed E-state index contributed by atoms with van der Waals surface area (Å²) in [6, 6.07) is 5.51. The first-order valence-electron chi connectivity index (χ1n) is 7.01. The lowest BCUT2D eigenvalue weighted by atomic mass is 9.77. The largest absolute Gasteiger partial charge is 0.334 e. The monoisotopic (exact) mass is 300 g/mol. The molecule has 0 amide bonds. The van der Waals surface area contributed by atoms with Crippen molar-refractivity contribution in [1.82, 2.24) is 15.1 Å². The van der Waals surface area contributed by atoms with E-state index in [2.05, 4.69) is 15.1 Å². The van der Waals surface area contributed by atoms with Crippen LogP contribution in [0.2, 0.25) is 0 Å². The highest BCUT2D eigenvalue weighted by atomic mass is 19.1. The Kier molecular flexibility index (Phi) is 2.67. The van der Waals surface area contributed by atoms with Gasteiger partial charge < -0.3 is 15.2 Å². The lowest BCUT2D eigenvalue weighted by Crippen LogP contribution is -2.44. The molecule has 0 unspecified atom stereocenters. The number of H-pyrrole nitrogens is 1. The van der Waals surface area contributed by atoms with E-state index in [0.717, 1.165) is 19.3 Å². The number of nitrogens with one attached hydrogen (secondary N) is 1. The second kappa shape index (κ2) is 4.48. The minimum atomic E-state index is -0.537. The molecule has 2 heterocycles. The summed E-state index contributed by atoms with van der Waals surface area (Å²) in [4.78, 5) is 18.7. The highest BCUT2D eigenvalue weighted by molar-refractivity contribution is 5.91. The number of aromatic amines is 1. The normalized spacial score (nSPS) is 16.6. The van der Waals surface area contributed by atoms with Crippen molar-refractivity contribution in [3.63, 3.8) is 0 Å². The van der Waals surface area contributed by atoms with Crippen LogP contribution in [0.3, 0.4) is 0 Å². The molecule has 0 saturated heterocycles. The zero-order chi connectivity index (χ0) is 15.3. The van der Waals surface area contributed by atoms with Crippen LogP contribution in [-0.4, -0.2) is 15.1 Å². The maximum atomic E-state index is 13.3. The maximum Gasteiger partial charge on any atom is 0.258 e. The van der Waals surface area contributed by atoms with Gasteiger partial charge in [-0.1, -0.05) is 5.16 Å². The summed E-state index contributed by atoms with van der Waals surface area (Å²) >= 11 is 0. The number of hydrogen-bond donors (Lipinski definition) is 2. The Morgan fingerprint density at radius 2 is 2.14 bits per heavy atom. The van der Waals surface area contributed by atoms with Crippen molar-refractivity contribution in [2.75, 3.05) is 0 Å². The van der Waals surface area contributed by atoms with E-state index in [4.69, 9.17) is 10.3 Å². The van der Waals surface area contributed by atoms with Gasteiger partial charge in [0.2, 0.25) is 5.56 Å². The average Bonchev–Trinajstić information content (AvgIpc) is 2.93. The summed E-state index contributed by atoms with van der Waals surface area (Å²) in [5.41, 5.74) is 6.13. The first kappa shape index (κ1) is 13.1. The third-order valence-corrected chi connectivity index (χ3v) is 4.15. The van der Waals surface area contributed by atoms with E-state index in [1.807, 2.05) is 0 Å². The lowest BCUT2D eigenvalue weighted by molar-refractivity contribution is 0.229.